The van der Waals surface area contributed by atoms with E-state index < -0.39 is 17.5 Å². The molecule has 2 rings (SSSR count). The molecule has 0 aliphatic carbocycles. The van der Waals surface area contributed by atoms with Crippen molar-refractivity contribution in [2.24, 2.45) is 5.92 Å². The van der Waals surface area contributed by atoms with E-state index in [1.807, 2.05) is 27.7 Å². The summed E-state index contributed by atoms with van der Waals surface area (Å²) < 4.78 is 23.5. The predicted molar refractivity (Wildman–Crippen MR) is 175 cm³/mol. The van der Waals surface area contributed by atoms with Gasteiger partial charge in [0, 0.05) is 5.56 Å². The molecule has 1 aromatic rings. The van der Waals surface area contributed by atoms with Gasteiger partial charge in [-0.3, -0.25) is 9.59 Å². The second kappa shape index (κ2) is 18.7. The topological polar surface area (TPSA) is 71.1 Å². The molecule has 0 amide bonds. The van der Waals surface area contributed by atoms with Gasteiger partial charge in [-0.25, -0.2) is 0 Å². The van der Waals surface area contributed by atoms with Gasteiger partial charge in [-0.15, -0.1) is 0 Å². The molecule has 0 radical (unpaired) electrons. The minimum absolute atomic E-state index is 0.0325. The van der Waals surface area contributed by atoms with Gasteiger partial charge in [0.05, 0.1) is 31.7 Å². The normalized spacial score (nSPS) is 15.0. The molecule has 0 spiro atoms. The first-order valence-corrected chi connectivity index (χ1v) is 17.1. The number of ether oxygens (including phenoxy) is 4. The van der Waals surface area contributed by atoms with E-state index in [1.165, 1.54) is 64.2 Å². The van der Waals surface area contributed by atoms with E-state index in [9.17, 15) is 9.59 Å². The highest BCUT2D eigenvalue weighted by molar-refractivity contribution is 5.80. The van der Waals surface area contributed by atoms with Gasteiger partial charge in [0.15, 0.2) is 0 Å². The van der Waals surface area contributed by atoms with Crippen LogP contribution in [0.1, 0.15) is 154 Å². The molecular weight excluding hydrogens is 540 g/mol. The van der Waals surface area contributed by atoms with Crippen molar-refractivity contribution in [2.75, 3.05) is 6.61 Å². The summed E-state index contributed by atoms with van der Waals surface area (Å²) in [5, 5.41) is 0. The molecule has 1 aromatic carbocycles. The fourth-order valence-corrected chi connectivity index (χ4v) is 5.79. The van der Waals surface area contributed by atoms with E-state index in [0.29, 0.717) is 12.4 Å². The van der Waals surface area contributed by atoms with Crippen molar-refractivity contribution in [2.45, 2.75) is 176 Å². The van der Waals surface area contributed by atoms with Gasteiger partial charge in [0.25, 0.3) is 0 Å². The molecule has 246 valence electrons. The van der Waals surface area contributed by atoms with Crippen LogP contribution < -0.4 is 9.47 Å². The summed E-state index contributed by atoms with van der Waals surface area (Å²) in [7, 11) is 0. The van der Waals surface area contributed by atoms with E-state index in [0.717, 1.165) is 53.2 Å². The number of carbonyl (C=O) groups excluding carboxylic acids is 2. The van der Waals surface area contributed by atoms with E-state index in [1.54, 1.807) is 13.8 Å². The lowest BCUT2D eigenvalue weighted by Crippen LogP contribution is -2.34. The van der Waals surface area contributed by atoms with E-state index in [-0.39, 0.29) is 25.0 Å². The second-order valence-electron chi connectivity index (χ2n) is 14.0. The summed E-state index contributed by atoms with van der Waals surface area (Å²) >= 11 is 0. The largest absolute Gasteiger partial charge is 0.490 e. The first-order chi connectivity index (χ1) is 20.3. The Morgan fingerprint density at radius 3 is 2.00 bits per heavy atom. The lowest BCUT2D eigenvalue weighted by atomic mass is 9.90. The molecule has 0 fully saturated rings. The number of benzene rings is 1. The first-order valence-electron chi connectivity index (χ1n) is 17.1. The van der Waals surface area contributed by atoms with Crippen molar-refractivity contribution in [1.29, 1.82) is 0 Å². The third kappa shape index (κ3) is 13.6. The molecule has 43 heavy (non-hydrogen) atoms. The van der Waals surface area contributed by atoms with Crippen molar-refractivity contribution in [3.8, 4) is 11.5 Å². The van der Waals surface area contributed by atoms with Crippen molar-refractivity contribution < 1.29 is 28.5 Å². The van der Waals surface area contributed by atoms with Crippen molar-refractivity contribution in [1.82, 2.24) is 0 Å². The molecule has 1 aliphatic rings. The monoisotopic (exact) mass is 602 g/mol. The standard InChI is InChI=1S/C37H62O6/c1-26(2)19-17-15-13-11-10-12-14-16-18-20-31-21-22-32-30(7)35(28(5)29(6)36(32)41-31)42-33(38)23-24-34(39)43-37(8,9)25-40-27(3)4/h26-27,31H,10-25H2,1-9H3. The smallest absolute Gasteiger partial charge is 0.311 e. The Bertz CT molecular complexity index is 1010. The third-order valence-corrected chi connectivity index (χ3v) is 8.52. The Morgan fingerprint density at radius 1 is 0.814 bits per heavy atom. The summed E-state index contributed by atoms with van der Waals surface area (Å²) in [6.45, 7) is 18.4. The number of carbonyl (C=O) groups is 2. The van der Waals surface area contributed by atoms with Crippen molar-refractivity contribution >= 4 is 11.9 Å². The fourth-order valence-electron chi connectivity index (χ4n) is 5.79. The van der Waals surface area contributed by atoms with Crippen LogP contribution in [0.4, 0.5) is 0 Å². The van der Waals surface area contributed by atoms with Crippen LogP contribution in [0.3, 0.4) is 0 Å². The summed E-state index contributed by atoms with van der Waals surface area (Å²) in [6.07, 6.45) is 16.7. The lowest BCUT2D eigenvalue weighted by Gasteiger charge is -2.30. The maximum Gasteiger partial charge on any atom is 0.311 e. The summed E-state index contributed by atoms with van der Waals surface area (Å²) in [5.74, 6) is 1.54. The molecule has 0 saturated carbocycles. The van der Waals surface area contributed by atoms with Crippen LogP contribution in [0.2, 0.25) is 0 Å². The average Bonchev–Trinajstić information content (AvgIpc) is 2.94. The summed E-state index contributed by atoms with van der Waals surface area (Å²) in [4.78, 5) is 25.1. The summed E-state index contributed by atoms with van der Waals surface area (Å²) in [5.41, 5.74) is 3.31. The number of esters is 2. The van der Waals surface area contributed by atoms with Crippen LogP contribution >= 0.6 is 0 Å². The van der Waals surface area contributed by atoms with Gasteiger partial charge in [-0.1, -0.05) is 71.6 Å². The van der Waals surface area contributed by atoms with Crippen LogP contribution in [0, 0.1) is 26.7 Å². The highest BCUT2D eigenvalue weighted by atomic mass is 16.6. The SMILES string of the molecule is Cc1c(C)c2c(c(C)c1OC(=O)CCC(=O)OC(C)(C)COC(C)C)CCC(CCCCCCCCCCCC(C)C)O2. The Labute approximate surface area is 263 Å². The predicted octanol–water partition coefficient (Wildman–Crippen LogP) is 9.68. The van der Waals surface area contributed by atoms with E-state index in [2.05, 4.69) is 20.8 Å². The van der Waals surface area contributed by atoms with Gasteiger partial charge in [-0.05, 0) is 96.8 Å². The zero-order valence-corrected chi connectivity index (χ0v) is 29.0. The van der Waals surface area contributed by atoms with Crippen LogP contribution in [0.25, 0.3) is 0 Å². The Kier molecular flexibility index (Phi) is 16.1. The molecule has 1 unspecified atom stereocenters. The maximum absolute atomic E-state index is 12.7. The molecule has 1 aliphatic heterocycles. The molecule has 0 N–H and O–H groups in total. The lowest BCUT2D eigenvalue weighted by molar-refractivity contribution is -0.164. The van der Waals surface area contributed by atoms with Crippen LogP contribution in [-0.4, -0.2) is 36.4 Å². The maximum atomic E-state index is 12.7. The average molecular weight is 603 g/mol. The van der Waals surface area contributed by atoms with Crippen LogP contribution in [-0.2, 0) is 25.5 Å². The molecular formula is C37H62O6. The number of fused-ring (bicyclic) bond motifs is 1. The van der Waals surface area contributed by atoms with Crippen molar-refractivity contribution in [3.05, 3.63) is 22.3 Å². The zero-order valence-electron chi connectivity index (χ0n) is 29.0. The van der Waals surface area contributed by atoms with Gasteiger partial charge >= 0.3 is 11.9 Å². The minimum atomic E-state index is -0.752. The Balaban J connectivity index is 1.77. The van der Waals surface area contributed by atoms with Gasteiger partial charge in [0.1, 0.15) is 17.1 Å². The summed E-state index contributed by atoms with van der Waals surface area (Å²) in [6, 6.07) is 0. The molecule has 0 aromatic heterocycles. The molecule has 6 nitrogen and oxygen atoms in total. The highest BCUT2D eigenvalue weighted by Gasteiger charge is 2.28. The fraction of sp³-hybridized carbons (Fsp3) is 0.784. The molecule has 6 heteroatoms. The minimum Gasteiger partial charge on any atom is -0.490 e. The molecule has 0 bridgehead atoms. The van der Waals surface area contributed by atoms with Gasteiger partial charge in [-0.2, -0.15) is 0 Å². The number of rotatable bonds is 20. The second-order valence-corrected chi connectivity index (χ2v) is 14.0. The molecule has 1 atom stereocenters. The Morgan fingerprint density at radius 2 is 1.40 bits per heavy atom. The quantitative estimate of drug-likeness (QED) is 0.0840. The zero-order chi connectivity index (χ0) is 32.0. The van der Waals surface area contributed by atoms with Crippen molar-refractivity contribution in [3.63, 3.8) is 0 Å². The molecule has 1 heterocycles. The van der Waals surface area contributed by atoms with E-state index in [4.69, 9.17) is 18.9 Å². The molecule has 0 saturated heterocycles. The highest BCUT2D eigenvalue weighted by Crippen LogP contribution is 2.42. The number of hydrogen-bond acceptors (Lipinski definition) is 6. The number of unbranched alkanes of at least 4 members (excludes halogenated alkanes) is 8. The van der Waals surface area contributed by atoms with Crippen LogP contribution in [0.15, 0.2) is 0 Å². The van der Waals surface area contributed by atoms with Gasteiger partial charge in [0.2, 0.25) is 0 Å². The first kappa shape index (κ1) is 37.1. The third-order valence-electron chi connectivity index (χ3n) is 8.52. The van der Waals surface area contributed by atoms with Crippen LogP contribution in [0.5, 0.6) is 11.5 Å². The van der Waals surface area contributed by atoms with Gasteiger partial charge < -0.3 is 18.9 Å². The Hall–Kier alpha value is -2.08. The number of hydrogen-bond donors (Lipinski definition) is 0. The van der Waals surface area contributed by atoms with E-state index >= 15 is 0 Å².